The van der Waals surface area contributed by atoms with Crippen LogP contribution in [0.1, 0.15) is 26.5 Å². The first-order chi connectivity index (χ1) is 4.50. The lowest BCUT2D eigenvalue weighted by molar-refractivity contribution is 0.571. The summed E-state index contributed by atoms with van der Waals surface area (Å²) in [6.45, 7) is 6.49. The fourth-order valence-electron chi connectivity index (χ4n) is 0.678. The number of aromatic nitrogens is 2. The lowest BCUT2D eigenvalue weighted by Gasteiger charge is -2.14. The number of nitrogens with zero attached hydrogens (tertiary/aromatic N) is 1. The van der Waals surface area contributed by atoms with Gasteiger partial charge in [-0.05, 0) is 22.6 Å². The molecular formula is C7H11IN2. The molecule has 0 aromatic carbocycles. The normalized spacial score (nSPS) is 12.0. The van der Waals surface area contributed by atoms with Crippen molar-refractivity contribution in [1.82, 2.24) is 9.97 Å². The van der Waals surface area contributed by atoms with E-state index in [0.717, 1.165) is 3.83 Å². The maximum atomic E-state index is 4.11. The third-order valence-electron chi connectivity index (χ3n) is 1.35. The van der Waals surface area contributed by atoms with Crippen molar-refractivity contribution in [2.75, 3.05) is 0 Å². The van der Waals surface area contributed by atoms with Crippen molar-refractivity contribution in [3.05, 3.63) is 15.7 Å². The van der Waals surface area contributed by atoms with Crippen LogP contribution in [0.4, 0.5) is 0 Å². The molecule has 1 aromatic rings. The standard InChI is InChI=1S/C7H11IN2/c1-7(2,3)5-4-9-6(8)10-5/h4H,1-3H3,(H,9,10). The van der Waals surface area contributed by atoms with Crippen LogP contribution >= 0.6 is 22.6 Å². The lowest BCUT2D eigenvalue weighted by atomic mass is 9.93. The molecule has 0 saturated heterocycles. The topological polar surface area (TPSA) is 28.7 Å². The van der Waals surface area contributed by atoms with Gasteiger partial charge in [0.15, 0.2) is 3.83 Å². The minimum absolute atomic E-state index is 0.191. The van der Waals surface area contributed by atoms with Gasteiger partial charge in [0.1, 0.15) is 0 Å². The Morgan fingerprint density at radius 2 is 2.10 bits per heavy atom. The molecular weight excluding hydrogens is 239 g/mol. The van der Waals surface area contributed by atoms with Gasteiger partial charge < -0.3 is 4.98 Å². The van der Waals surface area contributed by atoms with Crippen LogP contribution in [0.2, 0.25) is 0 Å². The summed E-state index contributed by atoms with van der Waals surface area (Å²) >= 11 is 2.17. The van der Waals surface area contributed by atoms with Crippen LogP contribution in [0.15, 0.2) is 6.20 Å². The highest BCUT2D eigenvalue weighted by molar-refractivity contribution is 14.1. The number of H-pyrrole nitrogens is 1. The molecule has 56 valence electrons. The third-order valence-corrected chi connectivity index (χ3v) is 1.90. The van der Waals surface area contributed by atoms with Gasteiger partial charge >= 0.3 is 0 Å². The number of hydrogen-bond acceptors (Lipinski definition) is 1. The van der Waals surface area contributed by atoms with E-state index in [0.29, 0.717) is 0 Å². The molecule has 1 N–H and O–H groups in total. The summed E-state index contributed by atoms with van der Waals surface area (Å²) in [5.41, 5.74) is 1.38. The average molecular weight is 250 g/mol. The summed E-state index contributed by atoms with van der Waals surface area (Å²) in [5, 5.41) is 0. The fraction of sp³-hybridized carbons (Fsp3) is 0.571. The van der Waals surface area contributed by atoms with Crippen LogP contribution in [0.3, 0.4) is 0 Å². The Hall–Kier alpha value is -0.0600. The second-order valence-electron chi connectivity index (χ2n) is 3.34. The van der Waals surface area contributed by atoms with E-state index in [2.05, 4.69) is 53.3 Å². The van der Waals surface area contributed by atoms with Gasteiger partial charge in [0.05, 0.1) is 0 Å². The first-order valence-electron chi connectivity index (χ1n) is 3.21. The smallest absolute Gasteiger partial charge is 0.168 e. The second kappa shape index (κ2) is 2.53. The molecule has 0 aliphatic heterocycles. The zero-order chi connectivity index (χ0) is 7.78. The van der Waals surface area contributed by atoms with Gasteiger partial charge in [0, 0.05) is 17.3 Å². The van der Waals surface area contributed by atoms with Crippen molar-refractivity contribution < 1.29 is 0 Å². The third kappa shape index (κ3) is 1.71. The van der Waals surface area contributed by atoms with E-state index in [-0.39, 0.29) is 5.41 Å². The van der Waals surface area contributed by atoms with E-state index in [1.165, 1.54) is 5.69 Å². The summed E-state index contributed by atoms with van der Waals surface area (Å²) < 4.78 is 0.961. The van der Waals surface area contributed by atoms with E-state index in [4.69, 9.17) is 0 Å². The van der Waals surface area contributed by atoms with Gasteiger partial charge in [-0.1, -0.05) is 20.8 Å². The Labute approximate surface area is 74.6 Å². The minimum Gasteiger partial charge on any atom is -0.337 e. The zero-order valence-corrected chi connectivity index (χ0v) is 8.56. The number of nitrogens with one attached hydrogen (secondary N) is 1. The van der Waals surface area contributed by atoms with E-state index in [9.17, 15) is 0 Å². The quantitative estimate of drug-likeness (QED) is 0.703. The Morgan fingerprint density at radius 3 is 2.30 bits per heavy atom. The molecule has 1 rings (SSSR count). The largest absolute Gasteiger partial charge is 0.337 e. The monoisotopic (exact) mass is 250 g/mol. The van der Waals surface area contributed by atoms with Crippen molar-refractivity contribution in [3.8, 4) is 0 Å². The Balaban J connectivity index is 2.96. The highest BCUT2D eigenvalue weighted by Crippen LogP contribution is 2.19. The first-order valence-corrected chi connectivity index (χ1v) is 4.29. The summed E-state index contributed by atoms with van der Waals surface area (Å²) in [6.07, 6.45) is 1.89. The SMILES string of the molecule is CC(C)(C)c1cnc(I)[nH]1. The predicted octanol–water partition coefficient (Wildman–Crippen LogP) is 2.31. The van der Waals surface area contributed by atoms with Crippen LogP contribution in [0.5, 0.6) is 0 Å². The Kier molecular flexibility index (Phi) is 2.03. The molecule has 1 aromatic heterocycles. The van der Waals surface area contributed by atoms with Gasteiger partial charge in [0.2, 0.25) is 0 Å². The summed E-state index contributed by atoms with van der Waals surface area (Å²) in [7, 11) is 0. The van der Waals surface area contributed by atoms with E-state index in [1.54, 1.807) is 0 Å². The highest BCUT2D eigenvalue weighted by atomic mass is 127. The predicted molar refractivity (Wildman–Crippen MR) is 50.0 cm³/mol. The molecule has 2 nitrogen and oxygen atoms in total. The molecule has 0 aliphatic carbocycles. The molecule has 0 fully saturated rings. The molecule has 3 heteroatoms. The van der Waals surface area contributed by atoms with Crippen LogP contribution in [0, 0.1) is 3.83 Å². The number of aromatic amines is 1. The molecule has 0 spiro atoms. The summed E-state index contributed by atoms with van der Waals surface area (Å²) in [4.78, 5) is 7.31. The molecule has 0 saturated carbocycles. The summed E-state index contributed by atoms with van der Waals surface area (Å²) in [6, 6.07) is 0. The van der Waals surface area contributed by atoms with Crippen LogP contribution in [0.25, 0.3) is 0 Å². The lowest BCUT2D eigenvalue weighted by Crippen LogP contribution is -2.11. The molecule has 10 heavy (non-hydrogen) atoms. The maximum absolute atomic E-state index is 4.11. The van der Waals surface area contributed by atoms with Crippen LogP contribution in [-0.2, 0) is 5.41 Å². The fourth-order valence-corrected chi connectivity index (χ4v) is 1.11. The van der Waals surface area contributed by atoms with Crippen molar-refractivity contribution in [2.45, 2.75) is 26.2 Å². The number of hydrogen-bond donors (Lipinski definition) is 1. The Bertz CT molecular complexity index is 222. The van der Waals surface area contributed by atoms with E-state index < -0.39 is 0 Å². The van der Waals surface area contributed by atoms with Gasteiger partial charge in [-0.25, -0.2) is 4.98 Å². The molecule has 0 amide bonds. The molecule has 1 heterocycles. The van der Waals surface area contributed by atoms with Crippen molar-refractivity contribution >= 4 is 22.6 Å². The molecule has 0 unspecified atom stereocenters. The van der Waals surface area contributed by atoms with Crippen molar-refractivity contribution in [3.63, 3.8) is 0 Å². The molecule has 0 atom stereocenters. The van der Waals surface area contributed by atoms with Crippen LogP contribution in [-0.4, -0.2) is 9.97 Å². The van der Waals surface area contributed by atoms with E-state index in [1.807, 2.05) is 6.20 Å². The average Bonchev–Trinajstić information content (AvgIpc) is 2.11. The molecule has 0 bridgehead atoms. The minimum atomic E-state index is 0.191. The van der Waals surface area contributed by atoms with Gasteiger partial charge in [-0.3, -0.25) is 0 Å². The number of rotatable bonds is 0. The molecule has 0 radical (unpaired) electrons. The van der Waals surface area contributed by atoms with Crippen LogP contribution < -0.4 is 0 Å². The number of halogens is 1. The number of imidazole rings is 1. The van der Waals surface area contributed by atoms with Gasteiger partial charge in [-0.15, -0.1) is 0 Å². The first kappa shape index (κ1) is 8.04. The Morgan fingerprint density at radius 1 is 1.50 bits per heavy atom. The van der Waals surface area contributed by atoms with E-state index >= 15 is 0 Å². The maximum Gasteiger partial charge on any atom is 0.168 e. The molecule has 0 aliphatic rings. The second-order valence-corrected chi connectivity index (χ2v) is 4.36. The van der Waals surface area contributed by atoms with Gasteiger partial charge in [0.25, 0.3) is 0 Å². The highest BCUT2D eigenvalue weighted by Gasteiger charge is 2.15. The van der Waals surface area contributed by atoms with Crippen molar-refractivity contribution in [2.24, 2.45) is 0 Å². The van der Waals surface area contributed by atoms with Crippen molar-refractivity contribution in [1.29, 1.82) is 0 Å². The zero-order valence-electron chi connectivity index (χ0n) is 6.40. The summed E-state index contributed by atoms with van der Waals surface area (Å²) in [5.74, 6) is 0. The van der Waals surface area contributed by atoms with Gasteiger partial charge in [-0.2, -0.15) is 0 Å².